The van der Waals surface area contributed by atoms with Gasteiger partial charge in [-0.25, -0.2) is 9.37 Å². The van der Waals surface area contributed by atoms with Crippen LogP contribution in [0.2, 0.25) is 4.34 Å². The van der Waals surface area contributed by atoms with Gasteiger partial charge in [-0.15, -0.1) is 11.3 Å². The third-order valence-electron chi connectivity index (χ3n) is 1.77. The van der Waals surface area contributed by atoms with E-state index in [2.05, 4.69) is 20.9 Å². The van der Waals surface area contributed by atoms with Crippen LogP contribution in [-0.2, 0) is 6.61 Å². The molecule has 16 heavy (non-hydrogen) atoms. The third kappa shape index (κ3) is 2.93. The lowest BCUT2D eigenvalue weighted by molar-refractivity contribution is 0.291. The summed E-state index contributed by atoms with van der Waals surface area (Å²) in [5.41, 5.74) is 0. The minimum Gasteiger partial charge on any atom is -0.472 e. The maximum absolute atomic E-state index is 13.2. The van der Waals surface area contributed by atoms with Gasteiger partial charge in [0.15, 0.2) is 0 Å². The van der Waals surface area contributed by atoms with Crippen LogP contribution in [0.15, 0.2) is 28.9 Å². The van der Waals surface area contributed by atoms with Crippen LogP contribution in [-0.4, -0.2) is 4.98 Å². The van der Waals surface area contributed by atoms with Gasteiger partial charge in [0.25, 0.3) is 0 Å². The van der Waals surface area contributed by atoms with Gasteiger partial charge in [0, 0.05) is 12.1 Å². The van der Waals surface area contributed by atoms with E-state index in [1.807, 2.05) is 0 Å². The summed E-state index contributed by atoms with van der Waals surface area (Å²) in [4.78, 5) is 4.53. The summed E-state index contributed by atoms with van der Waals surface area (Å²) in [6.07, 6.45) is 0. The van der Waals surface area contributed by atoms with Gasteiger partial charge in [0.05, 0.1) is 9.21 Å². The van der Waals surface area contributed by atoms with Gasteiger partial charge in [0.2, 0.25) is 5.88 Å². The van der Waals surface area contributed by atoms with E-state index in [0.29, 0.717) is 19.7 Å². The highest BCUT2D eigenvalue weighted by molar-refractivity contribution is 9.10. The van der Waals surface area contributed by atoms with Gasteiger partial charge in [-0.2, -0.15) is 0 Å². The van der Waals surface area contributed by atoms with E-state index >= 15 is 0 Å². The summed E-state index contributed by atoms with van der Waals surface area (Å²) in [5, 5.41) is 0. The second kappa shape index (κ2) is 5.12. The monoisotopic (exact) mass is 321 g/mol. The molecule has 0 spiro atoms. The molecular weight excluding hydrogens is 317 g/mol. The Morgan fingerprint density at radius 3 is 2.94 bits per heavy atom. The molecule has 0 aliphatic heterocycles. The molecular formula is C10H6BrClFNOS. The topological polar surface area (TPSA) is 22.1 Å². The van der Waals surface area contributed by atoms with Crippen molar-refractivity contribution in [1.82, 2.24) is 4.98 Å². The van der Waals surface area contributed by atoms with Crippen molar-refractivity contribution in [2.45, 2.75) is 6.61 Å². The summed E-state index contributed by atoms with van der Waals surface area (Å²) in [7, 11) is 0. The largest absolute Gasteiger partial charge is 0.472 e. The van der Waals surface area contributed by atoms with Crippen LogP contribution < -0.4 is 4.74 Å². The Bertz CT molecular complexity index is 505. The molecule has 0 atom stereocenters. The van der Waals surface area contributed by atoms with Crippen molar-refractivity contribution in [2.24, 2.45) is 0 Å². The minimum atomic E-state index is -0.343. The Hall–Kier alpha value is -0.650. The first-order chi connectivity index (χ1) is 7.65. The van der Waals surface area contributed by atoms with Crippen molar-refractivity contribution in [1.29, 1.82) is 0 Å². The molecule has 0 aliphatic rings. The minimum absolute atomic E-state index is 0.132. The highest BCUT2D eigenvalue weighted by Crippen LogP contribution is 2.26. The molecule has 6 heteroatoms. The number of hydrogen-bond acceptors (Lipinski definition) is 3. The zero-order chi connectivity index (χ0) is 11.5. The van der Waals surface area contributed by atoms with E-state index in [-0.39, 0.29) is 12.4 Å². The Morgan fingerprint density at radius 2 is 2.31 bits per heavy atom. The molecule has 84 valence electrons. The van der Waals surface area contributed by atoms with Gasteiger partial charge < -0.3 is 4.74 Å². The fraction of sp³-hybridized carbons (Fsp3) is 0.100. The highest BCUT2D eigenvalue weighted by atomic mass is 79.9. The average Bonchev–Trinajstić information content (AvgIpc) is 2.54. The fourth-order valence-electron chi connectivity index (χ4n) is 1.08. The van der Waals surface area contributed by atoms with Crippen LogP contribution >= 0.6 is 38.9 Å². The van der Waals surface area contributed by atoms with E-state index in [0.717, 1.165) is 11.3 Å². The van der Waals surface area contributed by atoms with E-state index in [4.69, 9.17) is 16.3 Å². The Balaban J connectivity index is 2.05. The number of pyridine rings is 1. The molecule has 2 aromatic rings. The van der Waals surface area contributed by atoms with Crippen molar-refractivity contribution >= 4 is 38.9 Å². The zero-order valence-electron chi connectivity index (χ0n) is 7.91. The van der Waals surface area contributed by atoms with Crippen molar-refractivity contribution in [3.63, 3.8) is 0 Å². The second-order valence-corrected chi connectivity index (χ2v) is 5.49. The van der Waals surface area contributed by atoms with Crippen molar-refractivity contribution < 1.29 is 9.13 Å². The molecule has 2 nitrogen and oxygen atoms in total. The molecule has 0 fully saturated rings. The lowest BCUT2D eigenvalue weighted by Gasteiger charge is -2.03. The number of thiophene rings is 1. The standard InChI is InChI=1S/C10H6BrClFNOS/c11-8-2-1-3-10(14-8)15-5-7-6(13)4-9(12)16-7/h1-4H,5H2. The summed E-state index contributed by atoms with van der Waals surface area (Å²) in [6, 6.07) is 6.57. The highest BCUT2D eigenvalue weighted by Gasteiger charge is 2.08. The maximum Gasteiger partial charge on any atom is 0.214 e. The van der Waals surface area contributed by atoms with Crippen molar-refractivity contribution in [2.75, 3.05) is 0 Å². The molecule has 2 rings (SSSR count). The molecule has 0 unspecified atom stereocenters. The molecule has 0 aromatic carbocycles. The number of rotatable bonds is 3. The van der Waals surface area contributed by atoms with Gasteiger partial charge in [-0.1, -0.05) is 17.7 Å². The third-order valence-corrected chi connectivity index (χ3v) is 3.42. The summed E-state index contributed by atoms with van der Waals surface area (Å²) in [5.74, 6) is 0.100. The van der Waals surface area contributed by atoms with E-state index < -0.39 is 0 Å². The van der Waals surface area contributed by atoms with Crippen LogP contribution in [0.1, 0.15) is 4.88 Å². The fourth-order valence-corrected chi connectivity index (χ4v) is 2.46. The molecule has 0 aliphatic carbocycles. The first-order valence-corrected chi connectivity index (χ1v) is 6.33. The number of hydrogen-bond donors (Lipinski definition) is 0. The zero-order valence-corrected chi connectivity index (χ0v) is 11.1. The van der Waals surface area contributed by atoms with Crippen LogP contribution in [0, 0.1) is 5.82 Å². The number of aromatic nitrogens is 1. The average molecular weight is 323 g/mol. The number of nitrogens with zero attached hydrogens (tertiary/aromatic N) is 1. The number of halogens is 3. The smallest absolute Gasteiger partial charge is 0.214 e. The summed E-state index contributed by atoms with van der Waals surface area (Å²) in [6.45, 7) is 0.132. The molecule has 2 aromatic heterocycles. The Morgan fingerprint density at radius 1 is 1.50 bits per heavy atom. The lowest BCUT2D eigenvalue weighted by Crippen LogP contribution is -1.96. The SMILES string of the molecule is Fc1cc(Cl)sc1COc1cccc(Br)n1. The number of ether oxygens (including phenoxy) is 1. The van der Waals surface area contributed by atoms with Gasteiger partial charge >= 0.3 is 0 Å². The van der Waals surface area contributed by atoms with E-state index in [1.54, 1.807) is 18.2 Å². The van der Waals surface area contributed by atoms with Crippen LogP contribution in [0.25, 0.3) is 0 Å². The molecule has 0 bridgehead atoms. The molecule has 0 saturated carbocycles. The van der Waals surface area contributed by atoms with Crippen molar-refractivity contribution in [3.8, 4) is 5.88 Å². The Kier molecular flexibility index (Phi) is 3.78. The first-order valence-electron chi connectivity index (χ1n) is 4.34. The first kappa shape index (κ1) is 11.8. The van der Waals surface area contributed by atoms with Crippen LogP contribution in [0.5, 0.6) is 5.88 Å². The van der Waals surface area contributed by atoms with Gasteiger partial charge in [0.1, 0.15) is 17.0 Å². The quantitative estimate of drug-likeness (QED) is 0.787. The molecule has 0 amide bonds. The predicted molar refractivity (Wildman–Crippen MR) is 65.6 cm³/mol. The van der Waals surface area contributed by atoms with Gasteiger partial charge in [-0.05, 0) is 22.0 Å². The molecule has 0 saturated heterocycles. The van der Waals surface area contributed by atoms with Crippen LogP contribution in [0.3, 0.4) is 0 Å². The van der Waals surface area contributed by atoms with Crippen molar-refractivity contribution in [3.05, 3.63) is 43.9 Å². The van der Waals surface area contributed by atoms with E-state index in [1.165, 1.54) is 6.07 Å². The molecule has 2 heterocycles. The normalized spacial score (nSPS) is 10.4. The van der Waals surface area contributed by atoms with Crippen LogP contribution in [0.4, 0.5) is 4.39 Å². The molecule has 0 N–H and O–H groups in total. The van der Waals surface area contributed by atoms with Gasteiger partial charge in [-0.3, -0.25) is 0 Å². The Labute approximate surface area is 109 Å². The summed E-state index contributed by atoms with van der Waals surface area (Å²) < 4.78 is 19.6. The predicted octanol–water partition coefficient (Wildman–Crippen LogP) is 4.28. The molecule has 0 radical (unpaired) electrons. The lowest BCUT2D eigenvalue weighted by atomic mass is 10.4. The summed E-state index contributed by atoms with van der Waals surface area (Å²) >= 11 is 10.1. The van der Waals surface area contributed by atoms with E-state index in [9.17, 15) is 4.39 Å². The second-order valence-electron chi connectivity index (χ2n) is 2.91. The maximum atomic E-state index is 13.2.